The lowest BCUT2D eigenvalue weighted by Gasteiger charge is -2.39. The van der Waals surface area contributed by atoms with E-state index in [4.69, 9.17) is 0 Å². The molecule has 0 saturated carbocycles. The van der Waals surface area contributed by atoms with Gasteiger partial charge in [0.05, 0.1) is 28.9 Å². The minimum Gasteiger partial charge on any atom is -0.382 e. The largest absolute Gasteiger partial charge is 0.416 e. The molecule has 2 unspecified atom stereocenters. The Bertz CT molecular complexity index is 1230. The molecular weight excluding hydrogens is 467 g/mol. The number of carbonyl (C=O) groups is 2. The first-order valence-corrected chi connectivity index (χ1v) is 11.4. The number of ketones is 1. The number of carbonyl (C=O) groups excluding carboxylic acids is 2. The van der Waals surface area contributed by atoms with E-state index in [-0.39, 0.29) is 17.9 Å². The number of benzene rings is 2. The Morgan fingerprint density at radius 3 is 2.65 bits per heavy atom. The summed E-state index contributed by atoms with van der Waals surface area (Å²) < 4.78 is 39.9. The Morgan fingerprint density at radius 1 is 1.21 bits per heavy atom. The first-order valence-electron chi connectivity index (χ1n) is 10.5. The molecule has 0 bridgehead atoms. The lowest BCUT2D eigenvalue weighted by Crippen LogP contribution is -2.49. The highest BCUT2D eigenvalue weighted by molar-refractivity contribution is 7.99. The molecule has 1 aliphatic carbocycles. The van der Waals surface area contributed by atoms with Crippen molar-refractivity contribution in [3.05, 3.63) is 70.4 Å². The number of halogens is 3. The summed E-state index contributed by atoms with van der Waals surface area (Å²) in [4.78, 5) is 28.0. The maximum absolute atomic E-state index is 13.3. The van der Waals surface area contributed by atoms with Crippen LogP contribution in [0.5, 0.6) is 0 Å². The van der Waals surface area contributed by atoms with Crippen molar-refractivity contribution in [2.75, 3.05) is 4.90 Å². The van der Waals surface area contributed by atoms with Crippen molar-refractivity contribution in [3.8, 4) is 6.07 Å². The maximum atomic E-state index is 13.3. The minimum atomic E-state index is -4.58. The third-order valence-electron chi connectivity index (χ3n) is 5.64. The molecule has 6 nitrogen and oxygen atoms in total. The van der Waals surface area contributed by atoms with Crippen LogP contribution in [0.25, 0.3) is 0 Å². The SMILES string of the molecule is CC(O)Sc1cc(C#N)ccc1C1NC(=O)N(c2cccc(C(F)(F)F)c2)C2=C1C(=O)CCC2. The van der Waals surface area contributed by atoms with Gasteiger partial charge < -0.3 is 10.4 Å². The van der Waals surface area contributed by atoms with E-state index < -0.39 is 29.2 Å². The van der Waals surface area contributed by atoms with Crippen molar-refractivity contribution in [3.63, 3.8) is 0 Å². The average molecular weight is 488 g/mol. The minimum absolute atomic E-state index is 0.0198. The van der Waals surface area contributed by atoms with Gasteiger partial charge in [-0.2, -0.15) is 18.4 Å². The second-order valence-electron chi connectivity index (χ2n) is 7.98. The van der Waals surface area contributed by atoms with Crippen molar-refractivity contribution in [2.24, 2.45) is 0 Å². The molecule has 1 heterocycles. The van der Waals surface area contributed by atoms with Gasteiger partial charge in [0.2, 0.25) is 0 Å². The van der Waals surface area contributed by atoms with Crippen LogP contribution in [0.4, 0.5) is 23.7 Å². The number of hydrogen-bond donors (Lipinski definition) is 2. The Morgan fingerprint density at radius 2 is 1.97 bits per heavy atom. The zero-order valence-corrected chi connectivity index (χ0v) is 18.8. The summed E-state index contributed by atoms with van der Waals surface area (Å²) in [6.45, 7) is 1.55. The quantitative estimate of drug-likeness (QED) is 0.452. The monoisotopic (exact) mass is 487 g/mol. The maximum Gasteiger partial charge on any atom is 0.416 e. The van der Waals surface area contributed by atoms with Crippen molar-refractivity contribution < 1.29 is 27.9 Å². The molecule has 0 radical (unpaired) electrons. The predicted octanol–water partition coefficient (Wildman–Crippen LogP) is 5.29. The van der Waals surface area contributed by atoms with Crippen LogP contribution in [-0.2, 0) is 11.0 Å². The van der Waals surface area contributed by atoms with Gasteiger partial charge in [-0.05, 0) is 55.7 Å². The third-order valence-corrected chi connectivity index (χ3v) is 6.59. The smallest absolute Gasteiger partial charge is 0.382 e. The number of amides is 2. The van der Waals surface area contributed by atoms with Crippen LogP contribution < -0.4 is 10.2 Å². The molecule has 0 saturated heterocycles. The number of aliphatic hydroxyl groups excluding tert-OH is 1. The standard InChI is InChI=1S/C24H20F3N3O3S/c1-13(31)34-20-10-14(12-28)8-9-17(20)22-21-18(6-3-7-19(21)32)30(23(33)29-22)16-5-2-4-15(11-16)24(25,26)27/h2,4-5,8-11,13,22,31H,3,6-7H2,1H3,(H,29,33). The van der Waals surface area contributed by atoms with Crippen LogP contribution in [0.1, 0.15) is 48.9 Å². The van der Waals surface area contributed by atoms with Gasteiger partial charge in [-0.15, -0.1) is 0 Å². The Hall–Kier alpha value is -3.29. The number of alkyl halides is 3. The van der Waals surface area contributed by atoms with Crippen LogP contribution in [0.15, 0.2) is 58.6 Å². The molecule has 1 aliphatic heterocycles. The Balaban J connectivity index is 1.87. The molecule has 0 fully saturated rings. The number of thioether (sulfide) groups is 1. The highest BCUT2D eigenvalue weighted by atomic mass is 32.2. The fourth-order valence-corrected chi connectivity index (χ4v) is 5.13. The Kier molecular flexibility index (Phi) is 6.43. The summed E-state index contributed by atoms with van der Waals surface area (Å²) in [5, 5.41) is 22.0. The van der Waals surface area contributed by atoms with Crippen LogP contribution in [0.2, 0.25) is 0 Å². The summed E-state index contributed by atoms with van der Waals surface area (Å²) in [6.07, 6.45) is -3.52. The van der Waals surface area contributed by atoms with Crippen LogP contribution >= 0.6 is 11.8 Å². The predicted molar refractivity (Wildman–Crippen MR) is 120 cm³/mol. The lowest BCUT2D eigenvalue weighted by atomic mass is 9.84. The third kappa shape index (κ3) is 4.54. The van der Waals surface area contributed by atoms with Gasteiger partial charge >= 0.3 is 12.2 Å². The number of nitrogens with zero attached hydrogens (tertiary/aromatic N) is 2. The summed E-state index contributed by atoms with van der Waals surface area (Å²) in [5.74, 6) is -0.208. The molecule has 2 aromatic rings. The number of urea groups is 1. The van der Waals surface area contributed by atoms with E-state index in [0.29, 0.717) is 40.1 Å². The van der Waals surface area contributed by atoms with Crippen molar-refractivity contribution in [1.82, 2.24) is 5.32 Å². The van der Waals surface area contributed by atoms with Gasteiger partial charge in [-0.3, -0.25) is 9.69 Å². The van der Waals surface area contributed by atoms with Gasteiger partial charge in [0.1, 0.15) is 5.44 Å². The van der Waals surface area contributed by atoms with Crippen molar-refractivity contribution in [1.29, 1.82) is 5.26 Å². The average Bonchev–Trinajstić information content (AvgIpc) is 2.77. The van der Waals surface area contributed by atoms with Crippen LogP contribution in [0.3, 0.4) is 0 Å². The number of nitriles is 1. The fraction of sp³-hybridized carbons (Fsp3) is 0.292. The summed E-state index contributed by atoms with van der Waals surface area (Å²) in [6, 6.07) is 9.71. The molecule has 2 atom stereocenters. The summed E-state index contributed by atoms with van der Waals surface area (Å²) in [7, 11) is 0. The molecule has 2 amide bonds. The van der Waals surface area contributed by atoms with E-state index >= 15 is 0 Å². The van der Waals surface area contributed by atoms with E-state index in [1.54, 1.807) is 25.1 Å². The first kappa shape index (κ1) is 23.9. The molecule has 4 rings (SSSR count). The Labute approximate surface area is 198 Å². The van der Waals surface area contributed by atoms with E-state index in [9.17, 15) is 33.1 Å². The van der Waals surface area contributed by atoms with Gasteiger partial charge in [0, 0.05) is 22.6 Å². The zero-order chi connectivity index (χ0) is 24.6. The molecule has 0 aromatic heterocycles. The van der Waals surface area contributed by atoms with E-state index in [1.165, 1.54) is 12.1 Å². The van der Waals surface area contributed by atoms with Gasteiger partial charge in [0.15, 0.2) is 5.78 Å². The second-order valence-corrected chi connectivity index (χ2v) is 9.34. The number of nitrogens with one attached hydrogen (secondary N) is 1. The van der Waals surface area contributed by atoms with Crippen molar-refractivity contribution in [2.45, 2.75) is 48.7 Å². The number of aliphatic hydroxyl groups is 1. The number of Topliss-reactive ketones (excluding diaryl/α,β-unsaturated/α-hetero) is 1. The van der Waals surface area contributed by atoms with Gasteiger partial charge in [0.25, 0.3) is 0 Å². The molecule has 176 valence electrons. The summed E-state index contributed by atoms with van der Waals surface area (Å²) in [5.41, 5.74) is -0.141. The normalized spacial score (nSPS) is 19.4. The highest BCUT2D eigenvalue weighted by Gasteiger charge is 2.41. The molecule has 2 N–H and O–H groups in total. The molecule has 2 aromatic carbocycles. The van der Waals surface area contributed by atoms with Crippen LogP contribution in [-0.4, -0.2) is 22.4 Å². The zero-order valence-electron chi connectivity index (χ0n) is 18.0. The summed E-state index contributed by atoms with van der Waals surface area (Å²) >= 11 is 1.07. The molecule has 2 aliphatic rings. The second kappa shape index (κ2) is 9.16. The molecular formula is C24H20F3N3O3S. The van der Waals surface area contributed by atoms with Crippen molar-refractivity contribution >= 4 is 29.3 Å². The first-order chi connectivity index (χ1) is 16.1. The van der Waals surface area contributed by atoms with Crippen LogP contribution in [0, 0.1) is 11.3 Å². The lowest BCUT2D eigenvalue weighted by molar-refractivity contribution is -0.137. The number of rotatable bonds is 4. The molecule has 10 heteroatoms. The van der Waals surface area contributed by atoms with Gasteiger partial charge in [-0.1, -0.05) is 23.9 Å². The number of anilines is 1. The van der Waals surface area contributed by atoms with E-state index in [2.05, 4.69) is 5.32 Å². The van der Waals surface area contributed by atoms with E-state index in [0.717, 1.165) is 28.8 Å². The highest BCUT2D eigenvalue weighted by Crippen LogP contribution is 2.43. The number of allylic oxidation sites excluding steroid dienone is 1. The number of hydrogen-bond acceptors (Lipinski definition) is 5. The fourth-order valence-electron chi connectivity index (χ4n) is 4.25. The topological polar surface area (TPSA) is 93.4 Å². The van der Waals surface area contributed by atoms with E-state index in [1.807, 2.05) is 6.07 Å². The van der Waals surface area contributed by atoms with Gasteiger partial charge in [-0.25, -0.2) is 4.79 Å². The molecule has 0 spiro atoms. The molecule has 34 heavy (non-hydrogen) atoms.